The van der Waals surface area contributed by atoms with Crippen LogP contribution in [0.1, 0.15) is 19.4 Å². The Kier molecular flexibility index (Phi) is 4.73. The summed E-state index contributed by atoms with van der Waals surface area (Å²) in [6, 6.07) is 3.85. The number of pyridine rings is 1. The van der Waals surface area contributed by atoms with Crippen molar-refractivity contribution in [2.45, 2.75) is 19.9 Å². The van der Waals surface area contributed by atoms with E-state index in [9.17, 15) is 0 Å². The highest BCUT2D eigenvalue weighted by atomic mass is 16.5. The Morgan fingerprint density at radius 3 is 2.82 bits per heavy atom. The number of ether oxygens (including phenoxy) is 1. The topological polar surface area (TPSA) is 75.2 Å². The van der Waals surface area contributed by atoms with Crippen LogP contribution in [0.5, 0.6) is 0 Å². The van der Waals surface area contributed by atoms with Gasteiger partial charge in [0.25, 0.3) is 0 Å². The van der Waals surface area contributed by atoms with E-state index >= 15 is 0 Å². The summed E-state index contributed by atoms with van der Waals surface area (Å²) in [5.41, 5.74) is 6.91. The van der Waals surface area contributed by atoms with E-state index in [0.29, 0.717) is 23.7 Å². The molecule has 1 aromatic heterocycles. The fourth-order valence-corrected chi connectivity index (χ4v) is 1.78. The summed E-state index contributed by atoms with van der Waals surface area (Å²) in [7, 11) is 1.67. The molecule has 1 unspecified atom stereocenters. The molecular weight excluding hydrogens is 216 g/mol. The zero-order chi connectivity index (χ0) is 12.8. The highest BCUT2D eigenvalue weighted by Gasteiger charge is 2.16. The third-order valence-corrected chi connectivity index (χ3v) is 2.58. The van der Waals surface area contributed by atoms with Gasteiger partial charge in [0.15, 0.2) is 5.82 Å². The van der Waals surface area contributed by atoms with Crippen LogP contribution in [0, 0.1) is 11.3 Å². The highest BCUT2D eigenvalue weighted by Crippen LogP contribution is 2.22. The number of hydrogen-bond donors (Lipinski definition) is 1. The van der Waals surface area contributed by atoms with Crippen LogP contribution in [0.2, 0.25) is 0 Å². The summed E-state index contributed by atoms with van der Waals surface area (Å²) in [5.74, 6) is 0.705. The van der Waals surface area contributed by atoms with Crippen molar-refractivity contribution >= 4 is 11.5 Å². The Labute approximate surface area is 102 Å². The van der Waals surface area contributed by atoms with Gasteiger partial charge < -0.3 is 15.4 Å². The Hall–Kier alpha value is -1.80. The first kappa shape index (κ1) is 13.3. The van der Waals surface area contributed by atoms with Gasteiger partial charge in [-0.2, -0.15) is 5.26 Å². The maximum absolute atomic E-state index is 8.76. The van der Waals surface area contributed by atoms with Crippen molar-refractivity contribution in [1.82, 2.24) is 4.98 Å². The van der Waals surface area contributed by atoms with Crippen molar-refractivity contribution in [2.24, 2.45) is 0 Å². The Morgan fingerprint density at radius 2 is 2.35 bits per heavy atom. The summed E-state index contributed by atoms with van der Waals surface area (Å²) in [6.45, 7) is 5.47. The van der Waals surface area contributed by atoms with E-state index in [1.807, 2.05) is 19.9 Å². The Bertz CT molecular complexity index is 413. The average Bonchev–Trinajstić information content (AvgIpc) is 2.32. The largest absolute Gasteiger partial charge is 0.396 e. The molecule has 5 nitrogen and oxygen atoms in total. The molecule has 0 saturated heterocycles. The second-order valence-electron chi connectivity index (χ2n) is 3.84. The fourth-order valence-electron chi connectivity index (χ4n) is 1.78. The summed E-state index contributed by atoms with van der Waals surface area (Å²) >= 11 is 0. The van der Waals surface area contributed by atoms with Crippen molar-refractivity contribution < 1.29 is 4.74 Å². The number of hydrogen-bond acceptors (Lipinski definition) is 5. The first-order chi connectivity index (χ1) is 8.13. The van der Waals surface area contributed by atoms with Crippen molar-refractivity contribution in [3.63, 3.8) is 0 Å². The van der Waals surface area contributed by atoms with Crippen LogP contribution < -0.4 is 10.6 Å². The Morgan fingerprint density at radius 1 is 1.65 bits per heavy atom. The lowest BCUT2D eigenvalue weighted by Gasteiger charge is -2.29. The molecule has 5 heteroatoms. The normalized spacial score (nSPS) is 11.9. The van der Waals surface area contributed by atoms with Crippen molar-refractivity contribution in [2.75, 3.05) is 30.9 Å². The molecule has 0 spiro atoms. The standard InChI is InChI=1S/C12H18N4O/c1-4-16(9(2)8-17-3)12-11(14)5-10(6-13)7-15-12/h5,7,9H,4,8,14H2,1-3H3. The SMILES string of the molecule is CCN(c1ncc(C#N)cc1N)C(C)COC. The lowest BCUT2D eigenvalue weighted by Crippen LogP contribution is -2.37. The van der Waals surface area contributed by atoms with Crippen LogP contribution in [0.4, 0.5) is 11.5 Å². The molecule has 0 saturated carbocycles. The van der Waals surface area contributed by atoms with E-state index in [-0.39, 0.29) is 6.04 Å². The summed E-state index contributed by atoms with van der Waals surface area (Å²) in [5, 5.41) is 8.76. The number of nitriles is 1. The van der Waals surface area contributed by atoms with E-state index in [2.05, 4.69) is 9.88 Å². The zero-order valence-corrected chi connectivity index (χ0v) is 10.5. The first-order valence-electron chi connectivity index (χ1n) is 5.55. The molecular formula is C12H18N4O. The zero-order valence-electron chi connectivity index (χ0n) is 10.5. The van der Waals surface area contributed by atoms with Gasteiger partial charge in [0.05, 0.1) is 23.9 Å². The second kappa shape index (κ2) is 6.06. The van der Waals surface area contributed by atoms with Crippen LogP contribution in [-0.4, -0.2) is 31.3 Å². The molecule has 0 aliphatic heterocycles. The number of rotatable bonds is 5. The summed E-state index contributed by atoms with van der Waals surface area (Å²) in [4.78, 5) is 6.30. The molecule has 0 aliphatic rings. The maximum Gasteiger partial charge on any atom is 0.152 e. The van der Waals surface area contributed by atoms with Gasteiger partial charge in [0.2, 0.25) is 0 Å². The summed E-state index contributed by atoms with van der Waals surface area (Å²) < 4.78 is 5.13. The van der Waals surface area contributed by atoms with E-state index in [1.165, 1.54) is 6.20 Å². The van der Waals surface area contributed by atoms with Crippen molar-refractivity contribution in [3.8, 4) is 6.07 Å². The second-order valence-corrected chi connectivity index (χ2v) is 3.84. The minimum atomic E-state index is 0.188. The molecule has 1 aromatic rings. The molecule has 1 rings (SSSR count). The van der Waals surface area contributed by atoms with Crippen molar-refractivity contribution in [3.05, 3.63) is 17.8 Å². The van der Waals surface area contributed by atoms with E-state index in [4.69, 9.17) is 15.7 Å². The number of aromatic nitrogens is 1. The van der Waals surface area contributed by atoms with Gasteiger partial charge in [-0.15, -0.1) is 0 Å². The van der Waals surface area contributed by atoms with Gasteiger partial charge >= 0.3 is 0 Å². The first-order valence-corrected chi connectivity index (χ1v) is 5.55. The number of methoxy groups -OCH3 is 1. The predicted octanol–water partition coefficient (Wildman–Crippen LogP) is 1.40. The van der Waals surface area contributed by atoms with Gasteiger partial charge in [-0.1, -0.05) is 0 Å². The average molecular weight is 234 g/mol. The highest BCUT2D eigenvalue weighted by molar-refractivity contribution is 5.64. The number of anilines is 2. The molecule has 0 amide bonds. The number of nitrogen functional groups attached to an aromatic ring is 1. The van der Waals surface area contributed by atoms with Gasteiger partial charge in [-0.05, 0) is 19.9 Å². The maximum atomic E-state index is 8.76. The van der Waals surface area contributed by atoms with Crippen LogP contribution >= 0.6 is 0 Å². The van der Waals surface area contributed by atoms with Crippen LogP contribution in [-0.2, 0) is 4.74 Å². The van der Waals surface area contributed by atoms with Crippen LogP contribution in [0.3, 0.4) is 0 Å². The van der Waals surface area contributed by atoms with Gasteiger partial charge in [-0.25, -0.2) is 4.98 Å². The molecule has 0 aliphatic carbocycles. The van der Waals surface area contributed by atoms with E-state index < -0.39 is 0 Å². The smallest absolute Gasteiger partial charge is 0.152 e. The molecule has 1 atom stereocenters. The minimum absolute atomic E-state index is 0.188. The lowest BCUT2D eigenvalue weighted by molar-refractivity contribution is 0.181. The lowest BCUT2D eigenvalue weighted by atomic mass is 10.2. The third kappa shape index (κ3) is 3.08. The molecule has 0 radical (unpaired) electrons. The van der Waals surface area contributed by atoms with Gasteiger partial charge in [0.1, 0.15) is 6.07 Å². The molecule has 92 valence electrons. The number of nitrogens with zero attached hydrogens (tertiary/aromatic N) is 3. The molecule has 0 bridgehead atoms. The molecule has 1 heterocycles. The molecule has 17 heavy (non-hydrogen) atoms. The predicted molar refractivity (Wildman–Crippen MR) is 67.7 cm³/mol. The number of likely N-dealkylation sites (N-methyl/N-ethyl adjacent to an activating group) is 1. The molecule has 2 N–H and O–H groups in total. The van der Waals surface area contributed by atoms with Crippen molar-refractivity contribution in [1.29, 1.82) is 5.26 Å². The minimum Gasteiger partial charge on any atom is -0.396 e. The van der Waals surface area contributed by atoms with Gasteiger partial charge in [0, 0.05) is 19.9 Å². The third-order valence-electron chi connectivity index (χ3n) is 2.58. The van der Waals surface area contributed by atoms with Gasteiger partial charge in [-0.3, -0.25) is 0 Å². The van der Waals surface area contributed by atoms with E-state index in [1.54, 1.807) is 13.2 Å². The van der Waals surface area contributed by atoms with Crippen LogP contribution in [0.25, 0.3) is 0 Å². The van der Waals surface area contributed by atoms with E-state index in [0.717, 1.165) is 6.54 Å². The summed E-state index contributed by atoms with van der Waals surface area (Å²) in [6.07, 6.45) is 1.54. The van der Waals surface area contributed by atoms with Crippen LogP contribution in [0.15, 0.2) is 12.3 Å². The molecule has 0 aromatic carbocycles. The monoisotopic (exact) mass is 234 g/mol. The fraction of sp³-hybridized carbons (Fsp3) is 0.500. The Balaban J connectivity index is 3.00. The quantitative estimate of drug-likeness (QED) is 0.833. The molecule has 0 fully saturated rings. The number of nitrogens with two attached hydrogens (primary N) is 1.